The third-order valence-electron chi connectivity index (χ3n) is 4.82. The maximum atomic E-state index is 13.0. The Morgan fingerprint density at radius 2 is 2.09 bits per heavy atom. The van der Waals surface area contributed by atoms with E-state index in [1.807, 2.05) is 23.1 Å². The molecule has 1 N–H and O–H groups in total. The maximum Gasteiger partial charge on any atom is 0.303 e. The van der Waals surface area contributed by atoms with Crippen LogP contribution in [0.1, 0.15) is 49.3 Å². The molecule has 0 aromatic heterocycles. The second kappa shape index (κ2) is 7.13. The van der Waals surface area contributed by atoms with Crippen LogP contribution in [-0.2, 0) is 20.7 Å². The van der Waals surface area contributed by atoms with Crippen molar-refractivity contribution >= 4 is 11.9 Å². The lowest BCUT2D eigenvalue weighted by Crippen LogP contribution is -2.47. The first-order valence-corrected chi connectivity index (χ1v) is 8.38. The molecule has 0 saturated carbocycles. The van der Waals surface area contributed by atoms with Gasteiger partial charge in [0.1, 0.15) is 0 Å². The SMILES string of the molecule is O=C(O)CC[C@@H]1CCCCN1C(=O)[C@H]1OCCc2ccccc21. The number of piperidine rings is 1. The Kier molecular flexibility index (Phi) is 4.96. The predicted molar refractivity (Wildman–Crippen MR) is 85.1 cm³/mol. The molecule has 0 radical (unpaired) electrons. The Labute approximate surface area is 136 Å². The summed E-state index contributed by atoms with van der Waals surface area (Å²) in [6.07, 6.45) is 3.84. The number of carbonyl (C=O) groups is 2. The lowest BCUT2D eigenvalue weighted by molar-refractivity contribution is -0.150. The van der Waals surface area contributed by atoms with Crippen LogP contribution in [0.15, 0.2) is 24.3 Å². The number of aliphatic carboxylic acids is 1. The van der Waals surface area contributed by atoms with Gasteiger partial charge >= 0.3 is 5.97 Å². The smallest absolute Gasteiger partial charge is 0.303 e. The summed E-state index contributed by atoms with van der Waals surface area (Å²) in [5, 5.41) is 8.92. The number of carboxylic acid groups (broad SMARTS) is 1. The molecule has 23 heavy (non-hydrogen) atoms. The quantitative estimate of drug-likeness (QED) is 0.927. The Bertz CT molecular complexity index is 586. The lowest BCUT2D eigenvalue weighted by atomic mass is 9.93. The van der Waals surface area contributed by atoms with E-state index in [1.165, 1.54) is 5.56 Å². The topological polar surface area (TPSA) is 66.8 Å². The van der Waals surface area contributed by atoms with Crippen molar-refractivity contribution in [3.8, 4) is 0 Å². The summed E-state index contributed by atoms with van der Waals surface area (Å²) >= 11 is 0. The summed E-state index contributed by atoms with van der Waals surface area (Å²) in [5.41, 5.74) is 2.14. The monoisotopic (exact) mass is 317 g/mol. The molecular weight excluding hydrogens is 294 g/mol. The van der Waals surface area contributed by atoms with Gasteiger partial charge in [-0.25, -0.2) is 0 Å². The van der Waals surface area contributed by atoms with Crippen LogP contribution in [0.2, 0.25) is 0 Å². The molecule has 2 aliphatic rings. The molecule has 5 nitrogen and oxygen atoms in total. The molecule has 0 spiro atoms. The zero-order valence-corrected chi connectivity index (χ0v) is 13.2. The average molecular weight is 317 g/mol. The van der Waals surface area contributed by atoms with Crippen LogP contribution in [0.5, 0.6) is 0 Å². The van der Waals surface area contributed by atoms with Crippen LogP contribution in [0.25, 0.3) is 0 Å². The molecule has 0 aliphatic carbocycles. The summed E-state index contributed by atoms with van der Waals surface area (Å²) < 4.78 is 5.79. The van der Waals surface area contributed by atoms with E-state index in [2.05, 4.69) is 6.07 Å². The van der Waals surface area contributed by atoms with Crippen LogP contribution in [-0.4, -0.2) is 41.1 Å². The zero-order chi connectivity index (χ0) is 16.2. The van der Waals surface area contributed by atoms with E-state index in [0.717, 1.165) is 31.2 Å². The van der Waals surface area contributed by atoms with Crippen molar-refractivity contribution in [2.75, 3.05) is 13.2 Å². The van der Waals surface area contributed by atoms with Crippen molar-refractivity contribution in [1.29, 1.82) is 0 Å². The molecule has 1 fully saturated rings. The van der Waals surface area contributed by atoms with Gasteiger partial charge in [0, 0.05) is 19.0 Å². The van der Waals surface area contributed by atoms with Crippen molar-refractivity contribution in [1.82, 2.24) is 4.90 Å². The molecule has 1 aromatic rings. The number of ether oxygens (including phenoxy) is 1. The van der Waals surface area contributed by atoms with E-state index in [-0.39, 0.29) is 18.4 Å². The molecular formula is C18H23NO4. The first-order valence-electron chi connectivity index (χ1n) is 8.38. The molecule has 0 bridgehead atoms. The summed E-state index contributed by atoms with van der Waals surface area (Å²) in [6.45, 7) is 1.26. The highest BCUT2D eigenvalue weighted by Gasteiger charge is 2.35. The van der Waals surface area contributed by atoms with Crippen LogP contribution in [0.4, 0.5) is 0 Å². The molecule has 2 atom stereocenters. The van der Waals surface area contributed by atoms with Crippen LogP contribution in [0.3, 0.4) is 0 Å². The fraction of sp³-hybridized carbons (Fsp3) is 0.556. The molecule has 3 rings (SSSR count). The number of nitrogens with zero attached hydrogens (tertiary/aromatic N) is 1. The summed E-state index contributed by atoms with van der Waals surface area (Å²) in [4.78, 5) is 25.7. The molecule has 1 amide bonds. The molecule has 2 heterocycles. The van der Waals surface area contributed by atoms with Gasteiger partial charge < -0.3 is 14.7 Å². The van der Waals surface area contributed by atoms with Crippen LogP contribution >= 0.6 is 0 Å². The number of likely N-dealkylation sites (tertiary alicyclic amines) is 1. The van der Waals surface area contributed by atoms with E-state index < -0.39 is 12.1 Å². The van der Waals surface area contributed by atoms with Crippen molar-refractivity contribution in [3.63, 3.8) is 0 Å². The Morgan fingerprint density at radius 3 is 2.91 bits per heavy atom. The normalized spacial score (nSPS) is 24.1. The Morgan fingerprint density at radius 1 is 1.26 bits per heavy atom. The van der Waals surface area contributed by atoms with Gasteiger partial charge in [-0.05, 0) is 43.2 Å². The van der Waals surface area contributed by atoms with Crippen LogP contribution in [0, 0.1) is 0 Å². The predicted octanol–water partition coefficient (Wildman–Crippen LogP) is 2.55. The van der Waals surface area contributed by atoms with Crippen molar-refractivity contribution in [2.45, 2.75) is 50.7 Å². The Hall–Kier alpha value is -1.88. The van der Waals surface area contributed by atoms with Gasteiger partial charge in [-0.15, -0.1) is 0 Å². The first-order chi connectivity index (χ1) is 11.2. The van der Waals surface area contributed by atoms with Gasteiger partial charge in [0.25, 0.3) is 5.91 Å². The minimum Gasteiger partial charge on any atom is -0.481 e. The van der Waals surface area contributed by atoms with Gasteiger partial charge in [-0.1, -0.05) is 24.3 Å². The van der Waals surface area contributed by atoms with Gasteiger partial charge in [0.05, 0.1) is 6.61 Å². The summed E-state index contributed by atoms with van der Waals surface area (Å²) in [5.74, 6) is -0.811. The van der Waals surface area contributed by atoms with Gasteiger partial charge in [-0.3, -0.25) is 9.59 Å². The van der Waals surface area contributed by atoms with Gasteiger partial charge in [0.15, 0.2) is 6.10 Å². The van der Waals surface area contributed by atoms with Gasteiger partial charge in [0.2, 0.25) is 0 Å². The number of hydrogen-bond donors (Lipinski definition) is 1. The van der Waals surface area contributed by atoms with Gasteiger partial charge in [-0.2, -0.15) is 0 Å². The molecule has 5 heteroatoms. The lowest BCUT2D eigenvalue weighted by Gasteiger charge is -2.39. The molecule has 1 aromatic carbocycles. The van der Waals surface area contributed by atoms with Crippen molar-refractivity contribution < 1.29 is 19.4 Å². The molecule has 1 saturated heterocycles. The van der Waals surface area contributed by atoms with Crippen LogP contribution < -0.4 is 0 Å². The number of benzene rings is 1. The maximum absolute atomic E-state index is 13.0. The summed E-state index contributed by atoms with van der Waals surface area (Å²) in [6, 6.07) is 7.96. The second-order valence-electron chi connectivity index (χ2n) is 6.31. The Balaban J connectivity index is 1.77. The first kappa shape index (κ1) is 16.0. The minimum atomic E-state index is -0.803. The van der Waals surface area contributed by atoms with E-state index in [0.29, 0.717) is 19.6 Å². The molecule has 0 unspecified atom stereocenters. The van der Waals surface area contributed by atoms with Crippen molar-refractivity contribution in [3.05, 3.63) is 35.4 Å². The second-order valence-corrected chi connectivity index (χ2v) is 6.31. The minimum absolute atomic E-state index is 0.00719. The molecule has 2 aliphatic heterocycles. The number of hydrogen-bond acceptors (Lipinski definition) is 3. The standard InChI is InChI=1S/C18H23NO4/c20-16(21)9-8-14-6-3-4-11-19(14)18(22)17-15-7-2-1-5-13(15)10-12-23-17/h1-2,5,7,14,17H,3-4,6,8-12H2,(H,20,21)/t14-,17-/m0/s1. The van der Waals surface area contributed by atoms with E-state index in [9.17, 15) is 9.59 Å². The number of rotatable bonds is 4. The highest BCUT2D eigenvalue weighted by atomic mass is 16.5. The average Bonchev–Trinajstić information content (AvgIpc) is 2.59. The number of carboxylic acids is 1. The third-order valence-corrected chi connectivity index (χ3v) is 4.82. The largest absolute Gasteiger partial charge is 0.481 e. The number of fused-ring (bicyclic) bond motifs is 1. The fourth-order valence-corrected chi connectivity index (χ4v) is 3.63. The zero-order valence-electron chi connectivity index (χ0n) is 13.2. The number of amides is 1. The highest BCUT2D eigenvalue weighted by molar-refractivity contribution is 5.83. The third kappa shape index (κ3) is 3.55. The van der Waals surface area contributed by atoms with E-state index in [4.69, 9.17) is 9.84 Å². The van der Waals surface area contributed by atoms with E-state index >= 15 is 0 Å². The fourth-order valence-electron chi connectivity index (χ4n) is 3.63. The van der Waals surface area contributed by atoms with E-state index in [1.54, 1.807) is 0 Å². The summed E-state index contributed by atoms with van der Waals surface area (Å²) in [7, 11) is 0. The highest BCUT2D eigenvalue weighted by Crippen LogP contribution is 2.31. The molecule has 124 valence electrons. The number of carbonyl (C=O) groups excluding carboxylic acids is 1. The van der Waals surface area contributed by atoms with Crippen molar-refractivity contribution in [2.24, 2.45) is 0 Å².